The molecule has 1 spiro atoms. The lowest BCUT2D eigenvalue weighted by Gasteiger charge is -2.31. The zero-order valence-corrected chi connectivity index (χ0v) is 54.6. The van der Waals surface area contributed by atoms with Crippen LogP contribution in [0.4, 0.5) is 8.78 Å². The second-order valence-corrected chi connectivity index (χ2v) is 24.2. The van der Waals surface area contributed by atoms with Crippen molar-refractivity contribution in [3.63, 3.8) is 0 Å². The van der Waals surface area contributed by atoms with Crippen molar-refractivity contribution >= 4 is 76.9 Å². The summed E-state index contributed by atoms with van der Waals surface area (Å²) < 4.78 is 32.8. The SMILES string of the molecule is CC[C@H](C)[C@H](NC(=O)[C@@H](Cc1ccccc1)NC)C(=O)N[C@@H](CCCNC(=N)N)C(=O)N[C@H](CCC(N)=O)C(=O)N[C@@H](C(=O)N[C@H](C(=O)N[C@@H](CO)C(=O)N[C@H]1C(=O)N[C@@H](C)C(=O)NC2(CC2CC(F)F)C(=O)N[C@@H]([C@@H](C)CC)C(=O)O[C@H]1C)[C@@H](C)CC)[C@@H](C)CC. The monoisotopic (exact) mass is 1300 g/mol. The van der Waals surface area contributed by atoms with E-state index in [1.807, 2.05) is 37.3 Å². The molecule has 3 rings (SSSR count). The number of likely N-dealkylation sites (N-methyl/N-ethyl adjacent to an activating group) is 1. The molecule has 1 aromatic carbocycles. The number of aliphatic hydroxyl groups is 1. The Morgan fingerprint density at radius 2 is 1.18 bits per heavy atom. The number of primary amides is 1. The molecule has 17 atom stereocenters. The molecule has 1 aliphatic heterocycles. The number of hydrogen-bond donors (Lipinski definition) is 16. The van der Waals surface area contributed by atoms with Gasteiger partial charge in [0.1, 0.15) is 66.0 Å². The van der Waals surface area contributed by atoms with Crippen LogP contribution in [0.15, 0.2) is 30.3 Å². The summed E-state index contributed by atoms with van der Waals surface area (Å²) >= 11 is 0. The van der Waals surface area contributed by atoms with Crippen molar-refractivity contribution in [2.45, 2.75) is 218 Å². The van der Waals surface area contributed by atoms with Gasteiger partial charge < -0.3 is 85.1 Å². The Hall–Kier alpha value is -8.09. The number of carbonyl (C=O) groups excluding carboxylic acids is 12. The number of guanidine groups is 1. The standard InChI is InChI=1S/C61H99F2N15O14/c1-12-30(5)44(74-52(84)40(67-11)26-36-20-17-16-18-21-36)54(86)71-38(22-19-25-68-60(65)66)50(82)70-39(23-24-43(64)80)51(83)73-46(32(7)14-3)56(88)75-45(31(6)13-2)55(87)72-41(29-79)53(85)76-48-35(10)92-58(90)47(33(8)15-4)77-59(91)61(28-37(61)27-42(62)63)78-49(81)34(9)69-57(48)89/h16-18,20-21,30-35,37-42,44-48,67,79H,12-15,19,22-29H2,1-11H3,(H2,64,80)(H,69,89)(H,70,82)(H,71,86)(H,72,87)(H,73,83)(H,74,84)(H,75,88)(H,76,85)(H,77,91)(H,78,81)(H4,65,66,68)/t30-,31-,32-,33-,34-,35-,37?,38-,39+,40+,41-,44-,45-,46+,47-,48+,61?/m0/s1. The summed E-state index contributed by atoms with van der Waals surface area (Å²) in [7, 11) is 1.61. The largest absolute Gasteiger partial charge is 0.458 e. The molecule has 516 valence electrons. The number of alkyl halides is 2. The van der Waals surface area contributed by atoms with E-state index in [0.717, 1.165) is 5.56 Å². The topological polar surface area (TPSA) is 455 Å². The highest BCUT2D eigenvalue weighted by atomic mass is 19.3. The molecule has 1 aromatic rings. The zero-order valence-electron chi connectivity index (χ0n) is 54.6. The fourth-order valence-corrected chi connectivity index (χ4v) is 10.3. The van der Waals surface area contributed by atoms with Crippen LogP contribution in [0.1, 0.15) is 139 Å². The first-order valence-corrected chi connectivity index (χ1v) is 31.6. The van der Waals surface area contributed by atoms with Gasteiger partial charge in [0.05, 0.1) is 12.6 Å². The van der Waals surface area contributed by atoms with Gasteiger partial charge in [-0.25, -0.2) is 13.6 Å². The van der Waals surface area contributed by atoms with E-state index in [1.165, 1.54) is 13.8 Å². The van der Waals surface area contributed by atoms with Crippen molar-refractivity contribution in [1.29, 1.82) is 5.41 Å². The maximum absolute atomic E-state index is 14.5. The van der Waals surface area contributed by atoms with Gasteiger partial charge in [0.15, 0.2) is 5.96 Å². The summed E-state index contributed by atoms with van der Waals surface area (Å²) in [5.41, 5.74) is 10.0. The lowest BCUT2D eigenvalue weighted by Crippen LogP contribution is -2.63. The number of nitrogens with two attached hydrogens (primary N) is 2. The minimum absolute atomic E-state index is 0.0888. The Kier molecular flexibility index (Phi) is 31.8. The van der Waals surface area contributed by atoms with Crippen LogP contribution in [0, 0.1) is 35.0 Å². The summed E-state index contributed by atoms with van der Waals surface area (Å²) in [5.74, 6) is -15.0. The highest BCUT2D eigenvalue weighted by Crippen LogP contribution is 2.48. The van der Waals surface area contributed by atoms with E-state index in [9.17, 15) is 71.4 Å². The molecule has 29 nitrogen and oxygen atoms in total. The number of hydrogen-bond acceptors (Lipinski definition) is 16. The summed E-state index contributed by atoms with van der Waals surface area (Å²) in [5, 5.41) is 49.4. The summed E-state index contributed by atoms with van der Waals surface area (Å²) in [6.07, 6.45) is -4.60. The van der Waals surface area contributed by atoms with Crippen LogP contribution >= 0.6 is 0 Å². The Morgan fingerprint density at radius 1 is 0.685 bits per heavy atom. The summed E-state index contributed by atoms with van der Waals surface area (Å²) in [4.78, 5) is 167. The zero-order chi connectivity index (χ0) is 69.3. The van der Waals surface area contributed by atoms with Crippen LogP contribution < -0.4 is 75.3 Å². The highest BCUT2D eigenvalue weighted by Gasteiger charge is 2.62. The number of cyclic esters (lactones) is 1. The molecule has 0 radical (unpaired) electrons. The average Bonchev–Trinajstić information content (AvgIpc) is 1.58. The third kappa shape index (κ3) is 23.2. The number of carbonyl (C=O) groups is 12. The van der Waals surface area contributed by atoms with Gasteiger partial charge in [-0.2, -0.15) is 0 Å². The Labute approximate surface area is 536 Å². The van der Waals surface area contributed by atoms with Crippen molar-refractivity contribution in [3.05, 3.63) is 35.9 Å². The number of aliphatic hydroxyl groups excluding tert-OH is 1. The first kappa shape index (κ1) is 78.2. The third-order valence-corrected chi connectivity index (χ3v) is 17.2. The van der Waals surface area contributed by atoms with Crippen molar-refractivity contribution in [3.8, 4) is 0 Å². The fraction of sp³-hybridized carbons (Fsp3) is 0.689. The molecule has 2 fully saturated rings. The van der Waals surface area contributed by atoms with E-state index >= 15 is 0 Å². The van der Waals surface area contributed by atoms with Gasteiger partial charge in [-0.05, 0) is 88.2 Å². The number of rotatable bonds is 35. The number of ether oxygens (including phenoxy) is 1. The molecule has 2 unspecified atom stereocenters. The number of esters is 1. The maximum Gasteiger partial charge on any atom is 0.329 e. The lowest BCUT2D eigenvalue weighted by atomic mass is 9.94. The third-order valence-electron chi connectivity index (χ3n) is 17.2. The Balaban J connectivity index is 1.91. The van der Waals surface area contributed by atoms with Gasteiger partial charge in [-0.1, -0.05) is 111 Å². The van der Waals surface area contributed by atoms with Crippen LogP contribution in [0.2, 0.25) is 0 Å². The molecule has 1 saturated heterocycles. The van der Waals surface area contributed by atoms with Gasteiger partial charge in [0, 0.05) is 19.4 Å². The van der Waals surface area contributed by atoms with Gasteiger partial charge in [0.2, 0.25) is 71.4 Å². The smallest absolute Gasteiger partial charge is 0.329 e. The molecule has 0 aromatic heterocycles. The normalized spacial score (nSPS) is 22.8. The molecule has 31 heteroatoms. The van der Waals surface area contributed by atoms with E-state index < -0.39 is 205 Å². The van der Waals surface area contributed by atoms with Crippen molar-refractivity contribution in [2.24, 2.45) is 41.1 Å². The molecule has 11 amide bonds. The minimum atomic E-state index is -2.83. The van der Waals surface area contributed by atoms with Crippen molar-refractivity contribution in [2.75, 3.05) is 20.2 Å². The molecule has 1 saturated carbocycles. The van der Waals surface area contributed by atoms with Crippen LogP contribution in [0.25, 0.3) is 0 Å². The summed E-state index contributed by atoms with van der Waals surface area (Å²) in [6.45, 7) is 14.9. The Morgan fingerprint density at radius 3 is 1.68 bits per heavy atom. The van der Waals surface area contributed by atoms with Gasteiger partial charge in [-0.15, -0.1) is 0 Å². The van der Waals surface area contributed by atoms with Crippen molar-refractivity contribution < 1.29 is 76.2 Å². The molecule has 0 bridgehead atoms. The van der Waals surface area contributed by atoms with E-state index in [0.29, 0.717) is 19.3 Å². The maximum atomic E-state index is 14.5. The Bertz CT molecular complexity index is 2730. The average molecular weight is 1300 g/mol. The second-order valence-electron chi connectivity index (χ2n) is 24.2. The predicted octanol–water partition coefficient (Wildman–Crippen LogP) is -1.62. The van der Waals surface area contributed by atoms with E-state index in [2.05, 4.69) is 63.8 Å². The number of halogens is 2. The second kappa shape index (κ2) is 37.4. The van der Waals surface area contributed by atoms with E-state index in [1.54, 1.807) is 55.5 Å². The van der Waals surface area contributed by atoms with Gasteiger partial charge in [0.25, 0.3) is 0 Å². The molecular weight excluding hydrogens is 1200 g/mol. The molecule has 1 heterocycles. The number of benzene rings is 1. The van der Waals surface area contributed by atoms with E-state index in [4.69, 9.17) is 21.6 Å². The number of amides is 11. The molecule has 18 N–H and O–H groups in total. The number of nitrogens with one attached hydrogen (secondary N) is 13. The fourth-order valence-electron chi connectivity index (χ4n) is 10.3. The first-order chi connectivity index (χ1) is 43.3. The van der Waals surface area contributed by atoms with Crippen LogP contribution in [0.5, 0.6) is 0 Å². The first-order valence-electron chi connectivity index (χ1n) is 31.6. The van der Waals surface area contributed by atoms with Crippen LogP contribution in [-0.2, 0) is 68.7 Å². The van der Waals surface area contributed by atoms with Gasteiger partial charge >= 0.3 is 5.97 Å². The predicted molar refractivity (Wildman–Crippen MR) is 334 cm³/mol. The quantitative estimate of drug-likeness (QED) is 0.0157. The summed E-state index contributed by atoms with van der Waals surface area (Å²) in [6, 6.07) is -5.18. The van der Waals surface area contributed by atoms with E-state index in [-0.39, 0.29) is 44.6 Å². The molecule has 1 aliphatic carbocycles. The molecule has 92 heavy (non-hydrogen) atoms. The van der Waals surface area contributed by atoms with Crippen LogP contribution in [-0.4, -0.2) is 181 Å². The van der Waals surface area contributed by atoms with Crippen LogP contribution in [0.3, 0.4) is 0 Å². The molecular formula is C61H99F2N15O14. The van der Waals surface area contributed by atoms with Crippen molar-refractivity contribution in [1.82, 2.24) is 63.8 Å². The highest BCUT2D eigenvalue weighted by molar-refractivity contribution is 6.01. The van der Waals surface area contributed by atoms with Gasteiger partial charge in [-0.3, -0.25) is 58.1 Å². The lowest BCUT2D eigenvalue weighted by molar-refractivity contribution is -0.157. The minimum Gasteiger partial charge on any atom is -0.458 e. The molecule has 2 aliphatic rings.